The van der Waals surface area contributed by atoms with E-state index in [2.05, 4.69) is 5.32 Å². The van der Waals surface area contributed by atoms with Gasteiger partial charge in [0.05, 0.1) is 11.8 Å². The molecule has 3 N–H and O–H groups in total. The van der Waals surface area contributed by atoms with Gasteiger partial charge in [0.1, 0.15) is 5.76 Å². The highest BCUT2D eigenvalue weighted by molar-refractivity contribution is 5.94. The Morgan fingerprint density at radius 2 is 2.27 bits per heavy atom. The molecule has 0 atom stereocenters. The van der Waals surface area contributed by atoms with Gasteiger partial charge in [-0.25, -0.2) is 0 Å². The van der Waals surface area contributed by atoms with Gasteiger partial charge in [0, 0.05) is 6.54 Å². The summed E-state index contributed by atoms with van der Waals surface area (Å²) in [7, 11) is 0. The van der Waals surface area contributed by atoms with E-state index in [9.17, 15) is 4.79 Å². The summed E-state index contributed by atoms with van der Waals surface area (Å²) < 4.78 is 5.05. The summed E-state index contributed by atoms with van der Waals surface area (Å²) >= 11 is 0. The first kappa shape index (κ1) is 11.8. The molecule has 1 amide bonds. The zero-order chi connectivity index (χ0) is 11.1. The molecule has 1 aromatic rings. The van der Waals surface area contributed by atoms with Crippen LogP contribution in [0.15, 0.2) is 16.7 Å². The molecule has 0 aliphatic rings. The minimum atomic E-state index is -0.0611. The Morgan fingerprint density at radius 1 is 1.47 bits per heavy atom. The Hall–Kier alpha value is -1.29. The first-order valence-electron chi connectivity index (χ1n) is 5.28. The van der Waals surface area contributed by atoms with Crippen molar-refractivity contribution < 1.29 is 9.21 Å². The Kier molecular flexibility index (Phi) is 4.90. The molecule has 0 aromatic carbocycles. The molecule has 4 nitrogen and oxygen atoms in total. The van der Waals surface area contributed by atoms with Gasteiger partial charge in [0.25, 0.3) is 5.91 Å². The van der Waals surface area contributed by atoms with E-state index in [0.717, 1.165) is 25.8 Å². The molecule has 4 heteroatoms. The molecule has 0 unspecified atom stereocenters. The first-order chi connectivity index (χ1) is 7.25. The quantitative estimate of drug-likeness (QED) is 0.698. The molecule has 0 saturated carbocycles. The second-order valence-electron chi connectivity index (χ2n) is 3.50. The van der Waals surface area contributed by atoms with Gasteiger partial charge < -0.3 is 15.5 Å². The topological polar surface area (TPSA) is 68.3 Å². The van der Waals surface area contributed by atoms with Crippen LogP contribution in [-0.4, -0.2) is 19.0 Å². The van der Waals surface area contributed by atoms with Gasteiger partial charge >= 0.3 is 0 Å². The van der Waals surface area contributed by atoms with Crippen molar-refractivity contribution in [3.8, 4) is 0 Å². The van der Waals surface area contributed by atoms with Crippen molar-refractivity contribution in [3.05, 3.63) is 23.7 Å². The largest absolute Gasteiger partial charge is 0.469 e. The smallest absolute Gasteiger partial charge is 0.254 e. The van der Waals surface area contributed by atoms with Gasteiger partial charge in [-0.3, -0.25) is 4.79 Å². The van der Waals surface area contributed by atoms with Crippen molar-refractivity contribution in [2.75, 3.05) is 13.1 Å². The highest BCUT2D eigenvalue weighted by Crippen LogP contribution is 2.07. The molecule has 0 aliphatic carbocycles. The summed E-state index contributed by atoms with van der Waals surface area (Å²) in [4.78, 5) is 11.6. The summed E-state index contributed by atoms with van der Waals surface area (Å²) in [6.45, 7) is 3.20. The van der Waals surface area contributed by atoms with E-state index in [0.29, 0.717) is 17.9 Å². The molecule has 1 aromatic heterocycles. The number of hydrogen-bond donors (Lipinski definition) is 2. The van der Waals surface area contributed by atoms with Crippen LogP contribution < -0.4 is 11.1 Å². The minimum absolute atomic E-state index is 0.0611. The Morgan fingerprint density at radius 3 is 2.87 bits per heavy atom. The van der Waals surface area contributed by atoms with Gasteiger partial charge in [0.15, 0.2) is 0 Å². The third-order valence-electron chi connectivity index (χ3n) is 2.27. The molecular weight excluding hydrogens is 192 g/mol. The predicted molar refractivity (Wildman–Crippen MR) is 58.7 cm³/mol. The van der Waals surface area contributed by atoms with E-state index in [1.807, 2.05) is 0 Å². The van der Waals surface area contributed by atoms with Gasteiger partial charge in [-0.2, -0.15) is 0 Å². The van der Waals surface area contributed by atoms with Crippen LogP contribution in [0.5, 0.6) is 0 Å². The number of nitrogens with two attached hydrogens (primary N) is 1. The number of carbonyl (C=O) groups is 1. The molecule has 0 spiro atoms. The highest BCUT2D eigenvalue weighted by atomic mass is 16.3. The maximum atomic E-state index is 11.6. The van der Waals surface area contributed by atoms with E-state index < -0.39 is 0 Å². The maximum Gasteiger partial charge on any atom is 0.254 e. The maximum absolute atomic E-state index is 11.6. The van der Waals surface area contributed by atoms with Crippen LogP contribution in [0.1, 0.15) is 35.4 Å². The fraction of sp³-hybridized carbons (Fsp3) is 0.545. The van der Waals surface area contributed by atoms with Crippen molar-refractivity contribution in [2.24, 2.45) is 5.73 Å². The monoisotopic (exact) mass is 210 g/mol. The SMILES string of the molecule is Cc1occc1C(=O)NCCCCCN. The van der Waals surface area contributed by atoms with Crippen molar-refractivity contribution in [3.63, 3.8) is 0 Å². The molecule has 0 fully saturated rings. The lowest BCUT2D eigenvalue weighted by Gasteiger charge is -2.03. The average molecular weight is 210 g/mol. The van der Waals surface area contributed by atoms with Crippen LogP contribution >= 0.6 is 0 Å². The third kappa shape index (κ3) is 3.75. The molecule has 15 heavy (non-hydrogen) atoms. The predicted octanol–water partition coefficient (Wildman–Crippen LogP) is 1.45. The minimum Gasteiger partial charge on any atom is -0.469 e. The van der Waals surface area contributed by atoms with Crippen LogP contribution in [0.2, 0.25) is 0 Å². The van der Waals surface area contributed by atoms with E-state index in [1.54, 1.807) is 13.0 Å². The van der Waals surface area contributed by atoms with Gasteiger partial charge in [-0.1, -0.05) is 6.42 Å². The van der Waals surface area contributed by atoms with E-state index >= 15 is 0 Å². The van der Waals surface area contributed by atoms with E-state index in [4.69, 9.17) is 10.2 Å². The highest BCUT2D eigenvalue weighted by Gasteiger charge is 2.09. The van der Waals surface area contributed by atoms with E-state index in [1.165, 1.54) is 6.26 Å². The molecule has 1 rings (SSSR count). The number of furan rings is 1. The summed E-state index contributed by atoms with van der Waals surface area (Å²) in [6, 6.07) is 1.69. The molecule has 0 bridgehead atoms. The zero-order valence-corrected chi connectivity index (χ0v) is 9.08. The lowest BCUT2D eigenvalue weighted by Crippen LogP contribution is -2.24. The fourth-order valence-electron chi connectivity index (χ4n) is 1.36. The Balaban J connectivity index is 2.22. The number of unbranched alkanes of at least 4 members (excludes halogenated alkanes) is 2. The molecule has 0 aliphatic heterocycles. The Labute approximate surface area is 89.8 Å². The summed E-state index contributed by atoms with van der Waals surface area (Å²) in [5.41, 5.74) is 5.99. The lowest BCUT2D eigenvalue weighted by atomic mass is 10.2. The van der Waals surface area contributed by atoms with Crippen LogP contribution in [0.25, 0.3) is 0 Å². The fourth-order valence-corrected chi connectivity index (χ4v) is 1.36. The van der Waals surface area contributed by atoms with Crippen LogP contribution in [0.4, 0.5) is 0 Å². The van der Waals surface area contributed by atoms with Crippen molar-refractivity contribution in [1.82, 2.24) is 5.32 Å². The molecular formula is C11H18N2O2. The van der Waals surface area contributed by atoms with Crippen LogP contribution in [-0.2, 0) is 0 Å². The van der Waals surface area contributed by atoms with Gasteiger partial charge in [0.2, 0.25) is 0 Å². The molecule has 1 heterocycles. The average Bonchev–Trinajstić information content (AvgIpc) is 2.64. The van der Waals surface area contributed by atoms with Crippen molar-refractivity contribution in [1.29, 1.82) is 0 Å². The number of rotatable bonds is 6. The second kappa shape index (κ2) is 6.24. The normalized spacial score (nSPS) is 10.3. The molecule has 84 valence electrons. The van der Waals surface area contributed by atoms with Crippen molar-refractivity contribution >= 4 is 5.91 Å². The summed E-state index contributed by atoms with van der Waals surface area (Å²) in [5, 5.41) is 2.85. The van der Waals surface area contributed by atoms with Crippen LogP contribution in [0, 0.1) is 6.92 Å². The number of nitrogens with one attached hydrogen (secondary N) is 1. The first-order valence-corrected chi connectivity index (χ1v) is 5.28. The number of hydrogen-bond acceptors (Lipinski definition) is 3. The third-order valence-corrected chi connectivity index (χ3v) is 2.27. The number of aryl methyl sites for hydroxylation is 1. The summed E-state index contributed by atoms with van der Waals surface area (Å²) in [5.74, 6) is 0.600. The van der Waals surface area contributed by atoms with Gasteiger partial charge in [-0.15, -0.1) is 0 Å². The molecule has 0 radical (unpaired) electrons. The standard InChI is InChI=1S/C11H18N2O2/c1-9-10(5-8-15-9)11(14)13-7-4-2-3-6-12/h5,8H,2-4,6-7,12H2,1H3,(H,13,14). The van der Waals surface area contributed by atoms with Crippen molar-refractivity contribution in [2.45, 2.75) is 26.2 Å². The second-order valence-corrected chi connectivity index (χ2v) is 3.50. The number of carbonyl (C=O) groups excluding carboxylic acids is 1. The number of amides is 1. The Bertz CT molecular complexity index is 307. The summed E-state index contributed by atoms with van der Waals surface area (Å²) in [6.07, 6.45) is 4.57. The van der Waals surface area contributed by atoms with Gasteiger partial charge in [-0.05, 0) is 32.4 Å². The molecule has 0 saturated heterocycles. The van der Waals surface area contributed by atoms with E-state index in [-0.39, 0.29) is 5.91 Å². The lowest BCUT2D eigenvalue weighted by molar-refractivity contribution is 0.0951. The zero-order valence-electron chi connectivity index (χ0n) is 9.08. The van der Waals surface area contributed by atoms with Crippen LogP contribution in [0.3, 0.4) is 0 Å².